The average Bonchev–Trinajstić information content (AvgIpc) is 2.52. The maximum atomic E-state index is 4.14. The van der Waals surface area contributed by atoms with Gasteiger partial charge in [-0.05, 0) is 24.5 Å². The van der Waals surface area contributed by atoms with Crippen LogP contribution < -0.4 is 5.32 Å². The van der Waals surface area contributed by atoms with Crippen molar-refractivity contribution < 1.29 is 0 Å². The molecule has 1 unspecified atom stereocenters. The number of benzene rings is 1. The molecule has 0 aliphatic heterocycles. The van der Waals surface area contributed by atoms with Crippen LogP contribution in [0.3, 0.4) is 0 Å². The molecule has 0 heterocycles. The number of hydrogen-bond donors (Lipinski definition) is 1. The Morgan fingerprint density at radius 1 is 1.33 bits per heavy atom. The first kappa shape index (κ1) is 15.1. The van der Waals surface area contributed by atoms with Crippen LogP contribution in [0.4, 0.5) is 0 Å². The first-order valence-corrected chi connectivity index (χ1v) is 7.29. The van der Waals surface area contributed by atoms with Gasteiger partial charge >= 0.3 is 0 Å². The van der Waals surface area contributed by atoms with Crippen molar-refractivity contribution in [3.05, 3.63) is 84.5 Å². The van der Waals surface area contributed by atoms with Crippen molar-refractivity contribution in [1.29, 1.82) is 0 Å². The SMILES string of the molecule is C=Cc1ccccc1C(=C)NCC1=CCC(C(=C)C)C=C1. The normalized spacial score (nSPS) is 17.0. The molecule has 1 aromatic carbocycles. The smallest absolute Gasteiger partial charge is 0.0397 e. The van der Waals surface area contributed by atoms with Crippen LogP contribution in [0.2, 0.25) is 0 Å². The zero-order valence-electron chi connectivity index (χ0n) is 12.7. The summed E-state index contributed by atoms with van der Waals surface area (Å²) in [5.41, 5.74) is 5.66. The van der Waals surface area contributed by atoms with Crippen LogP contribution in [0.15, 0.2) is 73.4 Å². The fraction of sp³-hybridized carbons (Fsp3) is 0.200. The van der Waals surface area contributed by atoms with Gasteiger partial charge in [0, 0.05) is 23.7 Å². The molecule has 1 N–H and O–H groups in total. The molecule has 0 bridgehead atoms. The summed E-state index contributed by atoms with van der Waals surface area (Å²) >= 11 is 0. The van der Waals surface area contributed by atoms with Gasteiger partial charge in [-0.15, -0.1) is 0 Å². The predicted molar refractivity (Wildman–Crippen MR) is 93.7 cm³/mol. The van der Waals surface area contributed by atoms with E-state index in [1.165, 1.54) is 11.1 Å². The molecule has 1 heteroatoms. The standard InChI is InChI=1S/C20H23N/c1-5-18-8-6-7-9-20(18)16(4)21-14-17-10-12-19(13-11-17)15(2)3/h5-12,19,21H,1-2,4,13-14H2,3H3. The van der Waals surface area contributed by atoms with Crippen molar-refractivity contribution in [2.75, 3.05) is 6.54 Å². The van der Waals surface area contributed by atoms with Crippen molar-refractivity contribution in [3.8, 4) is 0 Å². The Morgan fingerprint density at radius 2 is 2.10 bits per heavy atom. The van der Waals surface area contributed by atoms with Gasteiger partial charge in [0.1, 0.15) is 0 Å². The zero-order valence-corrected chi connectivity index (χ0v) is 12.7. The number of rotatable bonds is 6. The van der Waals surface area contributed by atoms with Gasteiger partial charge in [-0.3, -0.25) is 0 Å². The van der Waals surface area contributed by atoms with Crippen molar-refractivity contribution in [3.63, 3.8) is 0 Å². The van der Waals surface area contributed by atoms with Crippen LogP contribution in [0.25, 0.3) is 11.8 Å². The summed E-state index contributed by atoms with van der Waals surface area (Å²) in [6.45, 7) is 14.9. The molecule has 0 amide bonds. The fourth-order valence-electron chi connectivity index (χ4n) is 2.42. The third kappa shape index (κ3) is 3.85. The van der Waals surface area contributed by atoms with E-state index in [9.17, 15) is 0 Å². The molecule has 0 radical (unpaired) electrons. The Bertz CT molecular complexity index is 616. The highest BCUT2D eigenvalue weighted by molar-refractivity contribution is 5.71. The maximum Gasteiger partial charge on any atom is 0.0397 e. The summed E-state index contributed by atoms with van der Waals surface area (Å²) in [5, 5.41) is 3.40. The summed E-state index contributed by atoms with van der Waals surface area (Å²) in [4.78, 5) is 0. The third-order valence-corrected chi connectivity index (χ3v) is 3.82. The Kier molecular flexibility index (Phi) is 4.99. The van der Waals surface area contributed by atoms with Crippen molar-refractivity contribution in [2.45, 2.75) is 13.3 Å². The highest BCUT2D eigenvalue weighted by atomic mass is 14.9. The predicted octanol–water partition coefficient (Wildman–Crippen LogP) is 4.97. The minimum Gasteiger partial charge on any atom is -0.381 e. The van der Waals surface area contributed by atoms with E-state index in [1.807, 2.05) is 24.3 Å². The molecule has 1 aromatic rings. The Morgan fingerprint density at radius 3 is 2.71 bits per heavy atom. The van der Waals surface area contributed by atoms with E-state index in [0.717, 1.165) is 29.8 Å². The monoisotopic (exact) mass is 277 g/mol. The highest BCUT2D eigenvalue weighted by Gasteiger charge is 2.09. The summed E-state index contributed by atoms with van der Waals surface area (Å²) in [6, 6.07) is 8.14. The van der Waals surface area contributed by atoms with Gasteiger partial charge in [-0.25, -0.2) is 0 Å². The Labute approximate surface area is 128 Å². The van der Waals surface area contributed by atoms with E-state index in [2.05, 4.69) is 56.3 Å². The Hall–Kier alpha value is -2.28. The first-order valence-electron chi connectivity index (χ1n) is 7.29. The maximum absolute atomic E-state index is 4.14. The second-order valence-corrected chi connectivity index (χ2v) is 5.45. The van der Waals surface area contributed by atoms with Crippen LogP contribution in [-0.2, 0) is 0 Å². The molecule has 0 saturated carbocycles. The largest absolute Gasteiger partial charge is 0.381 e. The van der Waals surface area contributed by atoms with Gasteiger partial charge < -0.3 is 5.32 Å². The summed E-state index contributed by atoms with van der Waals surface area (Å²) < 4.78 is 0. The topological polar surface area (TPSA) is 12.0 Å². The molecule has 0 aromatic heterocycles. The lowest BCUT2D eigenvalue weighted by atomic mass is 9.91. The second kappa shape index (κ2) is 6.94. The molecule has 0 fully saturated rings. The molecular weight excluding hydrogens is 254 g/mol. The molecular formula is C20H23N. The van der Waals surface area contributed by atoms with E-state index in [0.29, 0.717) is 5.92 Å². The lowest BCUT2D eigenvalue weighted by molar-refractivity contribution is 0.757. The molecule has 2 rings (SSSR count). The quantitative estimate of drug-likeness (QED) is 0.724. The van der Waals surface area contributed by atoms with Crippen LogP contribution in [0.1, 0.15) is 24.5 Å². The van der Waals surface area contributed by atoms with Crippen molar-refractivity contribution >= 4 is 11.8 Å². The van der Waals surface area contributed by atoms with Crippen LogP contribution in [0, 0.1) is 5.92 Å². The van der Waals surface area contributed by atoms with Crippen LogP contribution in [0.5, 0.6) is 0 Å². The average molecular weight is 277 g/mol. The second-order valence-electron chi connectivity index (χ2n) is 5.45. The van der Waals surface area contributed by atoms with Gasteiger partial charge in [0.2, 0.25) is 0 Å². The minimum absolute atomic E-state index is 0.485. The van der Waals surface area contributed by atoms with Gasteiger partial charge in [0.05, 0.1) is 0 Å². The van der Waals surface area contributed by atoms with Crippen LogP contribution >= 0.6 is 0 Å². The van der Waals surface area contributed by atoms with E-state index in [4.69, 9.17) is 0 Å². The first-order chi connectivity index (χ1) is 10.1. The lowest BCUT2D eigenvalue weighted by Crippen LogP contribution is -2.16. The van der Waals surface area contributed by atoms with Crippen molar-refractivity contribution in [1.82, 2.24) is 5.32 Å². The molecule has 1 atom stereocenters. The third-order valence-electron chi connectivity index (χ3n) is 3.82. The van der Waals surface area contributed by atoms with Crippen molar-refractivity contribution in [2.24, 2.45) is 5.92 Å². The summed E-state index contributed by atoms with van der Waals surface area (Å²) in [7, 11) is 0. The summed E-state index contributed by atoms with van der Waals surface area (Å²) in [5.74, 6) is 0.485. The minimum atomic E-state index is 0.485. The molecule has 1 aliphatic carbocycles. The molecule has 1 nitrogen and oxygen atoms in total. The van der Waals surface area contributed by atoms with E-state index in [1.54, 1.807) is 0 Å². The highest BCUT2D eigenvalue weighted by Crippen LogP contribution is 2.22. The van der Waals surface area contributed by atoms with E-state index >= 15 is 0 Å². The Balaban J connectivity index is 1.95. The molecule has 21 heavy (non-hydrogen) atoms. The molecule has 1 aliphatic rings. The van der Waals surface area contributed by atoms with Gasteiger partial charge in [0.15, 0.2) is 0 Å². The van der Waals surface area contributed by atoms with E-state index < -0.39 is 0 Å². The molecule has 0 spiro atoms. The number of nitrogens with one attached hydrogen (secondary N) is 1. The number of allylic oxidation sites excluding steroid dienone is 3. The zero-order chi connectivity index (χ0) is 15.2. The van der Waals surface area contributed by atoms with E-state index in [-0.39, 0.29) is 0 Å². The summed E-state index contributed by atoms with van der Waals surface area (Å²) in [6.07, 6.45) is 9.60. The molecule has 0 saturated heterocycles. The van der Waals surface area contributed by atoms with Gasteiger partial charge in [0.25, 0.3) is 0 Å². The van der Waals surface area contributed by atoms with Crippen LogP contribution in [-0.4, -0.2) is 6.54 Å². The van der Waals surface area contributed by atoms with Gasteiger partial charge in [-0.2, -0.15) is 0 Å². The fourth-order valence-corrected chi connectivity index (χ4v) is 2.42. The lowest BCUT2D eigenvalue weighted by Gasteiger charge is -2.18. The number of hydrogen-bond acceptors (Lipinski definition) is 1. The van der Waals surface area contributed by atoms with Gasteiger partial charge in [-0.1, -0.05) is 73.9 Å². The molecule has 108 valence electrons.